The molecule has 2 aliphatic heterocycles. The van der Waals surface area contributed by atoms with Gasteiger partial charge in [-0.1, -0.05) is 69.3 Å². The van der Waals surface area contributed by atoms with Gasteiger partial charge < -0.3 is 19.3 Å². The van der Waals surface area contributed by atoms with E-state index in [1.165, 1.54) is 16.1 Å². The lowest BCUT2D eigenvalue weighted by Crippen LogP contribution is -2.46. The molecule has 7 heteroatoms. The summed E-state index contributed by atoms with van der Waals surface area (Å²) in [5.74, 6) is 1.74. The first-order valence-corrected chi connectivity index (χ1v) is 11.9. The van der Waals surface area contributed by atoms with Crippen molar-refractivity contribution >= 4 is 43.6 Å². The largest absolute Gasteiger partial charge is 0.486 e. The normalized spacial score (nSPS) is 16.3. The van der Waals surface area contributed by atoms with Crippen molar-refractivity contribution in [2.24, 2.45) is 0 Å². The molecular weight excluding hydrogens is 408 g/mol. The Balaban J connectivity index is 1.37. The van der Waals surface area contributed by atoms with E-state index in [4.69, 9.17) is 21.7 Å². The quantitative estimate of drug-likeness (QED) is 0.416. The Morgan fingerprint density at radius 1 is 0.786 bits per heavy atom. The van der Waals surface area contributed by atoms with Crippen LogP contribution in [0, 0.1) is 3.82 Å². The van der Waals surface area contributed by atoms with Gasteiger partial charge in [-0.2, -0.15) is 0 Å². The van der Waals surface area contributed by atoms with Crippen LogP contribution in [0.3, 0.4) is 0 Å². The van der Waals surface area contributed by atoms with Gasteiger partial charge in [-0.3, -0.25) is 0 Å². The van der Waals surface area contributed by atoms with Gasteiger partial charge in [0.2, 0.25) is 0 Å². The molecule has 3 heterocycles. The first-order chi connectivity index (χ1) is 13.8. The smallest absolute Gasteiger partial charge is 0.184 e. The van der Waals surface area contributed by atoms with Crippen LogP contribution in [0.4, 0.5) is 10.7 Å². The number of benzene rings is 2. The molecule has 0 unspecified atom stereocenters. The lowest BCUT2D eigenvalue weighted by molar-refractivity contribution is 0.172. The van der Waals surface area contributed by atoms with Gasteiger partial charge in [0.15, 0.2) is 11.5 Å². The van der Waals surface area contributed by atoms with Gasteiger partial charge in [-0.05, 0) is 17.7 Å². The van der Waals surface area contributed by atoms with Crippen molar-refractivity contribution in [2.45, 2.75) is 0 Å². The topological polar surface area (TPSA) is 24.9 Å². The van der Waals surface area contributed by atoms with Crippen molar-refractivity contribution in [2.75, 3.05) is 49.2 Å². The average molecular weight is 429 g/mol. The zero-order valence-electron chi connectivity index (χ0n) is 15.3. The summed E-state index contributed by atoms with van der Waals surface area (Å²) in [6, 6.07) is 16.7. The minimum absolute atomic E-state index is 0.614. The van der Waals surface area contributed by atoms with E-state index in [-0.39, 0.29) is 0 Å². The van der Waals surface area contributed by atoms with Crippen LogP contribution in [-0.2, 0) is 0 Å². The number of nitrogens with zero attached hydrogens (tertiary/aromatic N) is 2. The lowest BCUT2D eigenvalue weighted by atomic mass is 10.1. The Hall–Kier alpha value is -2.09. The SMILES string of the molecule is S=c1ssc(N2CCN(c3cccc4c3OCCO4)CC2)c1-c1ccccc1. The van der Waals surface area contributed by atoms with Crippen molar-refractivity contribution in [3.8, 4) is 22.6 Å². The Morgan fingerprint density at radius 2 is 1.54 bits per heavy atom. The van der Waals surface area contributed by atoms with Gasteiger partial charge in [0, 0.05) is 31.7 Å². The summed E-state index contributed by atoms with van der Waals surface area (Å²) in [5.41, 5.74) is 3.57. The summed E-state index contributed by atoms with van der Waals surface area (Å²) in [5, 5.41) is 1.30. The number of hydrogen-bond acceptors (Lipinski definition) is 7. The summed E-state index contributed by atoms with van der Waals surface area (Å²) < 4.78 is 12.6. The van der Waals surface area contributed by atoms with E-state index >= 15 is 0 Å². The zero-order valence-corrected chi connectivity index (χ0v) is 17.7. The highest BCUT2D eigenvalue weighted by Crippen LogP contribution is 2.43. The number of ether oxygens (including phenoxy) is 2. The number of para-hydroxylation sites is 1. The average Bonchev–Trinajstić information content (AvgIpc) is 3.15. The van der Waals surface area contributed by atoms with Gasteiger partial charge in [0.1, 0.15) is 22.0 Å². The van der Waals surface area contributed by atoms with Crippen LogP contribution in [0.2, 0.25) is 0 Å². The molecule has 0 saturated carbocycles. The molecule has 5 rings (SSSR count). The van der Waals surface area contributed by atoms with E-state index in [0.29, 0.717) is 13.2 Å². The standard InChI is InChI=1S/C21H20N2O2S3/c26-21-18(15-5-2-1-3-6-15)20(27-28-21)23-11-9-22(10-12-23)16-7-4-8-17-19(16)25-14-13-24-17/h1-8H,9-14H2. The van der Waals surface area contributed by atoms with Crippen molar-refractivity contribution in [1.29, 1.82) is 0 Å². The number of anilines is 2. The molecule has 1 aromatic heterocycles. The summed E-state index contributed by atoms with van der Waals surface area (Å²) in [6.45, 7) is 5.06. The fraction of sp³-hybridized carbons (Fsp3) is 0.286. The highest BCUT2D eigenvalue weighted by Gasteiger charge is 2.26. The summed E-state index contributed by atoms with van der Waals surface area (Å²) in [6.07, 6.45) is 0. The molecule has 144 valence electrons. The number of fused-ring (bicyclic) bond motifs is 1. The Bertz CT molecular complexity index is 1020. The van der Waals surface area contributed by atoms with E-state index in [1.807, 2.05) is 18.2 Å². The van der Waals surface area contributed by atoms with Crippen LogP contribution in [0.5, 0.6) is 11.5 Å². The van der Waals surface area contributed by atoms with Crippen molar-refractivity contribution < 1.29 is 9.47 Å². The molecule has 0 radical (unpaired) electrons. The third-order valence-electron chi connectivity index (χ3n) is 5.13. The molecule has 3 aromatic rings. The second-order valence-corrected chi connectivity index (χ2v) is 9.57. The van der Waals surface area contributed by atoms with Crippen LogP contribution in [-0.4, -0.2) is 39.4 Å². The van der Waals surface area contributed by atoms with Gasteiger partial charge >= 0.3 is 0 Å². The van der Waals surface area contributed by atoms with Gasteiger partial charge in [0.25, 0.3) is 0 Å². The fourth-order valence-electron chi connectivity index (χ4n) is 3.76. The zero-order chi connectivity index (χ0) is 18.9. The van der Waals surface area contributed by atoms with Crippen molar-refractivity contribution in [1.82, 2.24) is 0 Å². The highest BCUT2D eigenvalue weighted by molar-refractivity contribution is 7.80. The molecule has 0 N–H and O–H groups in total. The molecule has 0 spiro atoms. The predicted molar refractivity (Wildman–Crippen MR) is 120 cm³/mol. The van der Waals surface area contributed by atoms with Crippen LogP contribution < -0.4 is 19.3 Å². The monoisotopic (exact) mass is 428 g/mol. The van der Waals surface area contributed by atoms with Gasteiger partial charge in [0.05, 0.1) is 5.69 Å². The van der Waals surface area contributed by atoms with E-state index < -0.39 is 0 Å². The van der Waals surface area contributed by atoms with Crippen LogP contribution in [0.15, 0.2) is 48.5 Å². The molecular formula is C21H20N2O2S3. The number of rotatable bonds is 3. The van der Waals surface area contributed by atoms with E-state index in [2.05, 4.69) is 40.1 Å². The van der Waals surface area contributed by atoms with Crippen molar-refractivity contribution in [3.63, 3.8) is 0 Å². The van der Waals surface area contributed by atoms with Crippen molar-refractivity contribution in [3.05, 3.63) is 52.4 Å². The molecule has 0 bridgehead atoms. The molecule has 2 aromatic carbocycles. The summed E-state index contributed by atoms with van der Waals surface area (Å²) in [4.78, 5) is 4.88. The molecule has 2 aliphatic rings. The van der Waals surface area contributed by atoms with E-state index in [9.17, 15) is 0 Å². The maximum Gasteiger partial charge on any atom is 0.184 e. The maximum absolute atomic E-state index is 5.91. The minimum atomic E-state index is 0.614. The molecule has 0 aliphatic carbocycles. The third-order valence-corrected chi connectivity index (χ3v) is 8.18. The molecule has 1 saturated heterocycles. The van der Waals surface area contributed by atoms with Crippen LogP contribution >= 0.6 is 32.9 Å². The second kappa shape index (κ2) is 7.73. The summed E-state index contributed by atoms with van der Waals surface area (Å²) in [7, 11) is 3.50. The molecule has 4 nitrogen and oxygen atoms in total. The lowest BCUT2D eigenvalue weighted by Gasteiger charge is -2.38. The van der Waals surface area contributed by atoms with Gasteiger partial charge in [-0.15, -0.1) is 0 Å². The maximum atomic E-state index is 5.91. The molecule has 1 fully saturated rings. The Kier molecular flexibility index (Phi) is 4.96. The predicted octanol–water partition coefficient (Wildman–Crippen LogP) is 5.30. The number of piperazine rings is 1. The minimum Gasteiger partial charge on any atom is -0.486 e. The van der Waals surface area contributed by atoms with Crippen LogP contribution in [0.25, 0.3) is 11.1 Å². The van der Waals surface area contributed by atoms with Crippen LogP contribution in [0.1, 0.15) is 0 Å². The molecule has 0 amide bonds. The third kappa shape index (κ3) is 3.27. The first kappa shape index (κ1) is 18.0. The first-order valence-electron chi connectivity index (χ1n) is 9.38. The molecule has 28 heavy (non-hydrogen) atoms. The molecule has 0 atom stereocenters. The fourth-order valence-corrected chi connectivity index (χ4v) is 6.74. The van der Waals surface area contributed by atoms with E-state index in [0.717, 1.165) is 47.2 Å². The number of hydrogen-bond donors (Lipinski definition) is 0. The summed E-state index contributed by atoms with van der Waals surface area (Å²) >= 11 is 5.65. The van der Waals surface area contributed by atoms with Gasteiger partial charge in [-0.25, -0.2) is 0 Å². The second-order valence-electron chi connectivity index (χ2n) is 6.78. The van der Waals surface area contributed by atoms with E-state index in [1.54, 1.807) is 20.7 Å². The Labute approximate surface area is 177 Å². The highest BCUT2D eigenvalue weighted by atomic mass is 32.9. The Morgan fingerprint density at radius 3 is 2.36 bits per heavy atom.